The van der Waals surface area contributed by atoms with Crippen LogP contribution < -0.4 is 59.1 Å². The van der Waals surface area contributed by atoms with Crippen LogP contribution in [0.3, 0.4) is 0 Å². The van der Waals surface area contributed by atoms with E-state index in [4.69, 9.17) is 9.66 Å². The van der Waals surface area contributed by atoms with Gasteiger partial charge >= 0.3 is 65.1 Å². The zero-order valence-electron chi connectivity index (χ0n) is 16.8. The third-order valence-corrected chi connectivity index (χ3v) is 3.34. The number of hydrogen-bond donors (Lipinski definition) is 2. The first kappa shape index (κ1) is 31.8. The largest absolute Gasteiger partial charge is 1.00 e. The smallest absolute Gasteiger partial charge is 1.00 e. The first-order valence-corrected chi connectivity index (χ1v) is 9.05. The van der Waals surface area contributed by atoms with Gasteiger partial charge in [-0.3, -0.25) is 9.35 Å². The van der Waals surface area contributed by atoms with Crippen molar-refractivity contribution in [2.45, 2.75) is 71.1 Å². The van der Waals surface area contributed by atoms with Crippen LogP contribution in [-0.2, 0) is 19.7 Å². The molecule has 0 aromatic heterocycles. The Bertz CT molecular complexity index is 370. The van der Waals surface area contributed by atoms with Crippen molar-refractivity contribution in [1.29, 1.82) is 0 Å². The van der Waals surface area contributed by atoms with Crippen LogP contribution in [-0.4, -0.2) is 36.1 Å². The average Bonchev–Trinajstić information content (AvgIpc) is 2.35. The molecule has 23 heavy (non-hydrogen) atoms. The molecule has 0 fully saturated rings. The number of carbonyl (C=O) groups excluding carboxylic acids is 1. The van der Waals surface area contributed by atoms with Crippen LogP contribution in [0.15, 0.2) is 0 Å². The Morgan fingerprint density at radius 3 is 1.61 bits per heavy atom. The molecule has 0 amide bonds. The van der Waals surface area contributed by atoms with Gasteiger partial charge in [0.1, 0.15) is 6.29 Å². The monoisotopic (exact) mass is 372 g/mol. The fourth-order valence-electron chi connectivity index (χ4n) is 1.69. The molecule has 9 heteroatoms. The minimum Gasteiger partial charge on any atom is -1.00 e. The first-order chi connectivity index (χ1) is 9.83. The number of unbranched alkanes of at least 4 members (excludes halogenated alkanes) is 9. The van der Waals surface area contributed by atoms with Crippen molar-refractivity contribution >= 4 is 22.4 Å². The van der Waals surface area contributed by atoms with E-state index in [0.717, 1.165) is 19.1 Å². The summed E-state index contributed by atoms with van der Waals surface area (Å²) in [5.74, 6) is -2.79. The second kappa shape index (κ2) is 23.1. The summed E-state index contributed by atoms with van der Waals surface area (Å²) in [6.07, 6.45) is 13.7. The zero-order valence-corrected chi connectivity index (χ0v) is 19.6. The molecule has 0 saturated heterocycles. The van der Waals surface area contributed by atoms with Crippen molar-refractivity contribution in [2.75, 3.05) is 5.75 Å². The average molecular weight is 372 g/mol. The minimum atomic E-state index is -4.32. The summed E-state index contributed by atoms with van der Waals surface area (Å²) in [5.41, 5.74) is 0. The normalized spacial score (nSPS) is 9.65. The third-order valence-electron chi connectivity index (χ3n) is 2.73. The summed E-state index contributed by atoms with van der Waals surface area (Å²) in [6.45, 7) is 2.25. The van der Waals surface area contributed by atoms with Gasteiger partial charge in [0.25, 0.3) is 10.1 Å². The Morgan fingerprint density at radius 2 is 1.35 bits per heavy atom. The topological polar surface area (TPSA) is 109 Å². The number of aldehydes is 1. The van der Waals surface area contributed by atoms with Crippen LogP contribution in [0.2, 0.25) is 0 Å². The molecule has 0 rings (SSSR count). The summed E-state index contributed by atoms with van der Waals surface area (Å²) in [7, 11) is -4.32. The molecule has 0 spiro atoms. The summed E-state index contributed by atoms with van der Waals surface area (Å²) < 4.78 is 27.0. The minimum absolute atomic E-state index is 0. The van der Waals surface area contributed by atoms with E-state index < -0.39 is 21.8 Å². The molecule has 0 saturated carbocycles. The summed E-state index contributed by atoms with van der Waals surface area (Å²) in [5, 5.41) is 7.71. The Hall–Kier alpha value is 1.05. The molecule has 0 atom stereocenters. The van der Waals surface area contributed by atoms with E-state index in [1.807, 2.05) is 0 Å². The molecule has 130 valence electrons. The molecule has 0 heterocycles. The summed E-state index contributed by atoms with van der Waals surface area (Å²) in [6, 6.07) is 0. The predicted molar refractivity (Wildman–Crippen MR) is 84.2 cm³/mol. The molecular formula is C14H30Na2O6S. The van der Waals surface area contributed by atoms with E-state index >= 15 is 0 Å². The Morgan fingerprint density at radius 1 is 0.957 bits per heavy atom. The van der Waals surface area contributed by atoms with E-state index in [1.54, 1.807) is 0 Å². The van der Waals surface area contributed by atoms with E-state index in [1.165, 1.54) is 51.4 Å². The molecule has 0 unspecified atom stereocenters. The number of carbonyl (C=O) groups is 2. The number of carboxylic acid groups (broad SMARTS) is 1. The van der Waals surface area contributed by atoms with Crippen LogP contribution in [0, 0.1) is 0 Å². The Kier molecular flexibility index (Phi) is 31.9. The van der Waals surface area contributed by atoms with Crippen molar-refractivity contribution in [3.8, 4) is 0 Å². The zero-order chi connectivity index (χ0) is 16.6. The molecule has 0 aliphatic rings. The van der Waals surface area contributed by atoms with Crippen LogP contribution >= 0.6 is 0 Å². The fourth-order valence-corrected chi connectivity index (χ4v) is 2.01. The van der Waals surface area contributed by atoms with E-state index in [2.05, 4.69) is 6.92 Å². The summed E-state index contributed by atoms with van der Waals surface area (Å²) in [4.78, 5) is 19.5. The molecule has 6 nitrogen and oxygen atoms in total. The van der Waals surface area contributed by atoms with E-state index in [-0.39, 0.29) is 62.0 Å². The third kappa shape index (κ3) is 39.6. The maximum atomic E-state index is 10.0. The van der Waals surface area contributed by atoms with Crippen molar-refractivity contribution in [3.05, 3.63) is 0 Å². The van der Waals surface area contributed by atoms with Crippen LogP contribution in [0.1, 0.15) is 74.0 Å². The molecule has 0 aromatic rings. The van der Waals surface area contributed by atoms with Crippen LogP contribution in [0.4, 0.5) is 0 Å². The molecule has 2 N–H and O–H groups in total. The van der Waals surface area contributed by atoms with Crippen molar-refractivity contribution < 1.29 is 89.6 Å². The van der Waals surface area contributed by atoms with Crippen molar-refractivity contribution in [1.82, 2.24) is 0 Å². The Labute approximate surface area is 187 Å². The van der Waals surface area contributed by atoms with Gasteiger partial charge in [0.2, 0.25) is 0 Å². The van der Waals surface area contributed by atoms with Crippen molar-refractivity contribution in [2.24, 2.45) is 0 Å². The van der Waals surface area contributed by atoms with Crippen molar-refractivity contribution in [3.63, 3.8) is 0 Å². The van der Waals surface area contributed by atoms with Crippen LogP contribution in [0.25, 0.3) is 0 Å². The van der Waals surface area contributed by atoms with Gasteiger partial charge in [0.15, 0.2) is 5.75 Å². The number of carboxylic acids is 1. The maximum absolute atomic E-state index is 10.0. The number of aliphatic carboxylic acids is 1. The maximum Gasteiger partial charge on any atom is 1.00 e. The molecule has 0 radical (unpaired) electrons. The molecular weight excluding hydrogens is 342 g/mol. The van der Waals surface area contributed by atoms with Gasteiger partial charge in [-0.05, 0) is 6.42 Å². The van der Waals surface area contributed by atoms with Gasteiger partial charge in [-0.15, -0.1) is 0 Å². The number of rotatable bonds is 12. The molecule has 0 aromatic carbocycles. The predicted octanol–water partition coefficient (Wildman–Crippen LogP) is -2.70. The SMILES string of the molecule is CCCCCCCCCCCC=O.O=C(O)CS(=O)(=O)O.[H-].[H-].[Na+].[Na+]. The van der Waals surface area contributed by atoms with Gasteiger partial charge in [-0.2, -0.15) is 8.42 Å². The second-order valence-electron chi connectivity index (χ2n) is 4.90. The van der Waals surface area contributed by atoms with E-state index in [9.17, 15) is 18.0 Å². The number of hydrogen-bond acceptors (Lipinski definition) is 4. The van der Waals surface area contributed by atoms with Gasteiger partial charge < -0.3 is 12.8 Å². The van der Waals surface area contributed by atoms with E-state index in [0.29, 0.717) is 0 Å². The molecule has 0 bridgehead atoms. The van der Waals surface area contributed by atoms with Gasteiger partial charge in [0, 0.05) is 6.42 Å². The first-order valence-electron chi connectivity index (χ1n) is 7.44. The molecule has 0 aliphatic heterocycles. The van der Waals surface area contributed by atoms with Gasteiger partial charge in [0.05, 0.1) is 0 Å². The fraction of sp³-hybridized carbons (Fsp3) is 0.857. The quantitative estimate of drug-likeness (QED) is 0.167. The van der Waals surface area contributed by atoms with Gasteiger partial charge in [-0.1, -0.05) is 58.3 Å². The second-order valence-corrected chi connectivity index (χ2v) is 6.36. The molecule has 0 aliphatic carbocycles. The Balaban J connectivity index is -0.0000000671. The summed E-state index contributed by atoms with van der Waals surface area (Å²) >= 11 is 0. The van der Waals surface area contributed by atoms with Crippen LogP contribution in [0.5, 0.6) is 0 Å². The van der Waals surface area contributed by atoms with Gasteiger partial charge in [-0.25, -0.2) is 0 Å². The standard InChI is InChI=1S/C12H24O.C2H4O5S.2Na.2H/c1-2-3-4-5-6-7-8-9-10-11-12-13;3-2(4)1-8(5,6)7;;;;/h12H,2-11H2,1H3;1H2,(H,3,4)(H,5,6,7);;;;/q;;2*+1;2*-1.